The Labute approximate surface area is 116 Å². The lowest BCUT2D eigenvalue weighted by molar-refractivity contribution is -0.0103. The van der Waals surface area contributed by atoms with Gasteiger partial charge in [-0.3, -0.25) is 4.68 Å². The summed E-state index contributed by atoms with van der Waals surface area (Å²) in [6, 6.07) is 0. The van der Waals surface area contributed by atoms with Crippen molar-refractivity contribution >= 4 is 0 Å². The van der Waals surface area contributed by atoms with E-state index in [9.17, 15) is 5.11 Å². The topological polar surface area (TPSA) is 64.1 Å². The monoisotopic (exact) mass is 265 g/mol. The van der Waals surface area contributed by atoms with Gasteiger partial charge < -0.3 is 10.8 Å². The molecule has 19 heavy (non-hydrogen) atoms. The van der Waals surface area contributed by atoms with Crippen molar-refractivity contribution in [3.8, 4) is 0 Å². The van der Waals surface area contributed by atoms with Crippen LogP contribution in [-0.2, 0) is 6.54 Å². The molecule has 1 heterocycles. The zero-order valence-electron chi connectivity index (χ0n) is 12.2. The minimum Gasteiger partial charge on any atom is -0.388 e. The molecule has 2 rings (SSSR count). The Bertz CT molecular complexity index is 394. The molecule has 1 aliphatic rings. The lowest BCUT2D eigenvalue weighted by Gasteiger charge is -2.42. The van der Waals surface area contributed by atoms with Gasteiger partial charge in [0.1, 0.15) is 0 Å². The first-order valence-electron chi connectivity index (χ1n) is 7.55. The average molecular weight is 265 g/mol. The lowest BCUT2D eigenvalue weighted by atomic mass is 9.66. The van der Waals surface area contributed by atoms with E-state index in [1.165, 1.54) is 19.3 Å². The average Bonchev–Trinajstić information content (AvgIpc) is 2.95. The van der Waals surface area contributed by atoms with Crippen LogP contribution in [0.15, 0.2) is 12.4 Å². The summed E-state index contributed by atoms with van der Waals surface area (Å²) in [5, 5.41) is 15.0. The van der Waals surface area contributed by atoms with E-state index in [1.54, 1.807) is 6.20 Å². The molecule has 0 bridgehead atoms. The third-order valence-corrected chi connectivity index (χ3v) is 4.96. The van der Waals surface area contributed by atoms with Crippen LogP contribution in [0.1, 0.15) is 57.6 Å². The van der Waals surface area contributed by atoms with Crippen LogP contribution in [0.3, 0.4) is 0 Å². The van der Waals surface area contributed by atoms with E-state index in [0.717, 1.165) is 30.9 Å². The molecule has 108 valence electrons. The minimum atomic E-state index is -0.476. The van der Waals surface area contributed by atoms with Crippen LogP contribution in [0.25, 0.3) is 0 Å². The lowest BCUT2D eigenvalue weighted by Crippen LogP contribution is -2.40. The maximum atomic E-state index is 10.7. The van der Waals surface area contributed by atoms with Gasteiger partial charge in [0.2, 0.25) is 0 Å². The molecule has 1 fully saturated rings. The summed E-state index contributed by atoms with van der Waals surface area (Å²) >= 11 is 0. The highest BCUT2D eigenvalue weighted by atomic mass is 16.3. The van der Waals surface area contributed by atoms with Crippen LogP contribution in [-0.4, -0.2) is 21.4 Å². The molecule has 1 aromatic heterocycles. The predicted octanol–water partition coefficient (Wildman–Crippen LogP) is 2.48. The summed E-state index contributed by atoms with van der Waals surface area (Å²) in [4.78, 5) is 0. The van der Waals surface area contributed by atoms with E-state index in [2.05, 4.69) is 12.0 Å². The Morgan fingerprint density at radius 1 is 1.47 bits per heavy atom. The van der Waals surface area contributed by atoms with Crippen LogP contribution in [0.5, 0.6) is 0 Å². The maximum absolute atomic E-state index is 10.7. The third-order valence-electron chi connectivity index (χ3n) is 4.96. The Morgan fingerprint density at radius 3 is 2.63 bits per heavy atom. The standard InChI is InChI=1S/C15H27N3O/c1-3-12-5-7-15(11-16,8-6-12)14(19)13-9-17-18(4-2)10-13/h9-10,12,14,19H,3-8,11,16H2,1-2H3. The van der Waals surface area contributed by atoms with Crippen LogP contribution >= 0.6 is 0 Å². The Kier molecular flexibility index (Phi) is 4.63. The number of nitrogens with two attached hydrogens (primary N) is 1. The van der Waals surface area contributed by atoms with Gasteiger partial charge in [-0.05, 0) is 38.5 Å². The van der Waals surface area contributed by atoms with Crippen molar-refractivity contribution in [2.24, 2.45) is 17.1 Å². The van der Waals surface area contributed by atoms with Crippen molar-refractivity contribution in [2.45, 2.75) is 58.6 Å². The van der Waals surface area contributed by atoms with E-state index in [-0.39, 0.29) is 5.41 Å². The second-order valence-corrected chi connectivity index (χ2v) is 5.95. The van der Waals surface area contributed by atoms with E-state index >= 15 is 0 Å². The highest BCUT2D eigenvalue weighted by Gasteiger charge is 2.41. The van der Waals surface area contributed by atoms with Gasteiger partial charge in [0, 0.05) is 30.3 Å². The van der Waals surface area contributed by atoms with Gasteiger partial charge in [0.25, 0.3) is 0 Å². The van der Waals surface area contributed by atoms with Crippen molar-refractivity contribution in [3.05, 3.63) is 18.0 Å². The largest absolute Gasteiger partial charge is 0.388 e. The fraction of sp³-hybridized carbons (Fsp3) is 0.800. The number of aliphatic hydroxyl groups excluding tert-OH is 1. The number of hydrogen-bond acceptors (Lipinski definition) is 3. The molecule has 1 aliphatic carbocycles. The van der Waals surface area contributed by atoms with Crippen molar-refractivity contribution < 1.29 is 5.11 Å². The van der Waals surface area contributed by atoms with Gasteiger partial charge in [0.05, 0.1) is 12.3 Å². The van der Waals surface area contributed by atoms with Gasteiger partial charge >= 0.3 is 0 Å². The van der Waals surface area contributed by atoms with E-state index < -0.39 is 6.10 Å². The zero-order valence-corrected chi connectivity index (χ0v) is 12.2. The summed E-state index contributed by atoms with van der Waals surface area (Å²) in [6.45, 7) is 5.69. The molecule has 1 atom stereocenters. The second kappa shape index (κ2) is 6.06. The van der Waals surface area contributed by atoms with Crippen molar-refractivity contribution in [1.29, 1.82) is 0 Å². The van der Waals surface area contributed by atoms with Gasteiger partial charge in [-0.15, -0.1) is 0 Å². The first-order chi connectivity index (χ1) is 9.15. The summed E-state index contributed by atoms with van der Waals surface area (Å²) in [5.41, 5.74) is 6.79. The smallest absolute Gasteiger partial charge is 0.0888 e. The number of aromatic nitrogens is 2. The Morgan fingerprint density at radius 2 is 2.16 bits per heavy atom. The Hall–Kier alpha value is -0.870. The van der Waals surface area contributed by atoms with Gasteiger partial charge in [-0.25, -0.2) is 0 Å². The molecule has 0 aliphatic heterocycles. The molecule has 0 radical (unpaired) electrons. The van der Waals surface area contributed by atoms with Crippen molar-refractivity contribution in [2.75, 3.05) is 6.54 Å². The van der Waals surface area contributed by atoms with E-state index in [4.69, 9.17) is 5.73 Å². The molecular formula is C15H27N3O. The maximum Gasteiger partial charge on any atom is 0.0888 e. The molecule has 1 aromatic rings. The fourth-order valence-corrected chi connectivity index (χ4v) is 3.30. The van der Waals surface area contributed by atoms with Gasteiger partial charge in [-0.1, -0.05) is 13.3 Å². The zero-order chi connectivity index (χ0) is 13.9. The summed E-state index contributed by atoms with van der Waals surface area (Å²) in [6.07, 6.45) is 8.94. The molecule has 1 saturated carbocycles. The predicted molar refractivity (Wildman–Crippen MR) is 76.6 cm³/mol. The van der Waals surface area contributed by atoms with Gasteiger partial charge in [0.15, 0.2) is 0 Å². The quantitative estimate of drug-likeness (QED) is 0.859. The number of aryl methyl sites for hydroxylation is 1. The van der Waals surface area contributed by atoms with Crippen molar-refractivity contribution in [3.63, 3.8) is 0 Å². The first kappa shape index (κ1) is 14.5. The highest BCUT2D eigenvalue weighted by Crippen LogP contribution is 2.47. The normalized spacial score (nSPS) is 29.4. The fourth-order valence-electron chi connectivity index (χ4n) is 3.30. The van der Waals surface area contributed by atoms with Crippen LogP contribution in [0.2, 0.25) is 0 Å². The molecule has 0 aromatic carbocycles. The first-order valence-corrected chi connectivity index (χ1v) is 7.55. The van der Waals surface area contributed by atoms with Crippen molar-refractivity contribution in [1.82, 2.24) is 9.78 Å². The minimum absolute atomic E-state index is 0.146. The Balaban J connectivity index is 2.12. The van der Waals surface area contributed by atoms with Crippen LogP contribution < -0.4 is 5.73 Å². The molecule has 1 unspecified atom stereocenters. The molecule has 0 spiro atoms. The summed E-state index contributed by atoms with van der Waals surface area (Å²) < 4.78 is 1.86. The van der Waals surface area contributed by atoms with Gasteiger partial charge in [-0.2, -0.15) is 5.10 Å². The van der Waals surface area contributed by atoms with E-state index in [1.807, 2.05) is 17.8 Å². The molecular weight excluding hydrogens is 238 g/mol. The molecule has 0 saturated heterocycles. The second-order valence-electron chi connectivity index (χ2n) is 5.95. The van der Waals surface area contributed by atoms with Crippen LogP contribution in [0.4, 0.5) is 0 Å². The molecule has 4 nitrogen and oxygen atoms in total. The van der Waals surface area contributed by atoms with E-state index in [0.29, 0.717) is 6.54 Å². The highest BCUT2D eigenvalue weighted by molar-refractivity contribution is 5.13. The summed E-state index contributed by atoms with van der Waals surface area (Å²) in [7, 11) is 0. The molecule has 3 N–H and O–H groups in total. The SMILES string of the molecule is CCC1CCC(CN)(C(O)c2cnn(CC)c2)CC1. The van der Waals surface area contributed by atoms with Crippen LogP contribution in [0, 0.1) is 11.3 Å². The number of hydrogen-bond donors (Lipinski definition) is 2. The summed E-state index contributed by atoms with van der Waals surface area (Å²) in [5.74, 6) is 0.810. The number of nitrogens with zero attached hydrogens (tertiary/aromatic N) is 2. The third kappa shape index (κ3) is 2.84. The molecule has 4 heteroatoms. The number of aliphatic hydroxyl groups is 1. The molecule has 0 amide bonds. The number of rotatable bonds is 5.